The van der Waals surface area contributed by atoms with Crippen LogP contribution in [-0.2, 0) is 30.2 Å². The van der Waals surface area contributed by atoms with E-state index in [4.69, 9.17) is 0 Å². The van der Waals surface area contributed by atoms with Crippen molar-refractivity contribution in [2.24, 2.45) is 5.92 Å². The van der Waals surface area contributed by atoms with Crippen LogP contribution in [0.4, 0.5) is 13.2 Å². The summed E-state index contributed by atoms with van der Waals surface area (Å²) in [5.41, 5.74) is 4.06. The molecule has 1 N–H and O–H groups in total. The van der Waals surface area contributed by atoms with Crippen LogP contribution in [0.1, 0.15) is 35.6 Å². The van der Waals surface area contributed by atoms with Gasteiger partial charge in [0.15, 0.2) is 0 Å². The van der Waals surface area contributed by atoms with Gasteiger partial charge in [-0.2, -0.15) is 13.2 Å². The average molecular weight is 466 g/mol. The van der Waals surface area contributed by atoms with E-state index in [0.29, 0.717) is 18.5 Å². The summed E-state index contributed by atoms with van der Waals surface area (Å²) >= 11 is 0. The Morgan fingerprint density at radius 2 is 1.65 bits per heavy atom. The zero-order valence-electron chi connectivity index (χ0n) is 18.8. The summed E-state index contributed by atoms with van der Waals surface area (Å²) in [6, 6.07) is 21.1. The molecular formula is C28H26F3NO2. The normalized spacial score (nSPS) is 12.7. The molecule has 0 aliphatic rings. The molecule has 1 atom stereocenters. The van der Waals surface area contributed by atoms with Gasteiger partial charge in [0.1, 0.15) is 0 Å². The highest BCUT2D eigenvalue weighted by atomic mass is 19.4. The first-order chi connectivity index (χ1) is 16.3. The predicted octanol–water partition coefficient (Wildman–Crippen LogP) is 7.09. The zero-order valence-corrected chi connectivity index (χ0v) is 18.8. The predicted molar refractivity (Wildman–Crippen MR) is 127 cm³/mol. The van der Waals surface area contributed by atoms with Gasteiger partial charge in [0.25, 0.3) is 0 Å². The van der Waals surface area contributed by atoms with Crippen LogP contribution in [0.5, 0.6) is 0 Å². The quantitative estimate of drug-likeness (QED) is 0.302. The minimum absolute atomic E-state index is 0.436. The maximum atomic E-state index is 13.0. The van der Waals surface area contributed by atoms with Crippen LogP contribution in [0.3, 0.4) is 0 Å². The molecule has 176 valence electrons. The largest absolute Gasteiger partial charge is 0.481 e. The van der Waals surface area contributed by atoms with Gasteiger partial charge in [-0.25, -0.2) is 0 Å². The number of carboxylic acid groups (broad SMARTS) is 1. The summed E-state index contributed by atoms with van der Waals surface area (Å²) in [7, 11) is 0. The Kier molecular flexibility index (Phi) is 6.77. The van der Waals surface area contributed by atoms with Gasteiger partial charge in [-0.1, -0.05) is 43.3 Å². The van der Waals surface area contributed by atoms with Crippen molar-refractivity contribution in [1.29, 1.82) is 0 Å². The lowest BCUT2D eigenvalue weighted by Crippen LogP contribution is -2.15. The van der Waals surface area contributed by atoms with Gasteiger partial charge >= 0.3 is 12.1 Å². The Morgan fingerprint density at radius 1 is 0.941 bits per heavy atom. The van der Waals surface area contributed by atoms with Crippen LogP contribution in [0.15, 0.2) is 79.0 Å². The van der Waals surface area contributed by atoms with E-state index in [1.165, 1.54) is 17.7 Å². The van der Waals surface area contributed by atoms with Crippen LogP contribution in [0.25, 0.3) is 16.6 Å². The lowest BCUT2D eigenvalue weighted by molar-refractivity contribution is -0.141. The Bertz CT molecular complexity index is 1280. The number of carbonyl (C=O) groups is 1. The molecule has 0 amide bonds. The number of hydrogen-bond donors (Lipinski definition) is 1. The molecule has 0 fully saturated rings. The maximum Gasteiger partial charge on any atom is 0.416 e. The molecule has 0 bridgehead atoms. The molecule has 1 heterocycles. The van der Waals surface area contributed by atoms with Crippen LogP contribution in [-0.4, -0.2) is 15.6 Å². The third-order valence-electron chi connectivity index (χ3n) is 6.27. The summed E-state index contributed by atoms with van der Waals surface area (Å²) in [4.78, 5) is 11.5. The first-order valence-corrected chi connectivity index (χ1v) is 11.3. The third kappa shape index (κ3) is 5.16. The smallest absolute Gasteiger partial charge is 0.416 e. The Morgan fingerprint density at radius 3 is 2.26 bits per heavy atom. The number of hydrogen-bond acceptors (Lipinski definition) is 1. The maximum absolute atomic E-state index is 13.0. The number of nitrogens with zero attached hydrogens (tertiary/aromatic N) is 1. The summed E-state index contributed by atoms with van der Waals surface area (Å²) < 4.78 is 41.0. The molecule has 0 saturated carbocycles. The van der Waals surface area contributed by atoms with Gasteiger partial charge in [-0.15, -0.1) is 0 Å². The van der Waals surface area contributed by atoms with Gasteiger partial charge in [-0.3, -0.25) is 4.79 Å². The number of aryl methyl sites for hydroxylation is 2. The fourth-order valence-electron chi connectivity index (χ4n) is 4.31. The summed E-state index contributed by atoms with van der Waals surface area (Å²) in [5, 5.41) is 10.5. The van der Waals surface area contributed by atoms with E-state index in [9.17, 15) is 23.1 Å². The Labute approximate surface area is 196 Å². The molecule has 3 nitrogen and oxygen atoms in total. The van der Waals surface area contributed by atoms with Crippen molar-refractivity contribution >= 4 is 16.9 Å². The number of fused-ring (bicyclic) bond motifs is 1. The zero-order chi connectivity index (χ0) is 24.3. The number of alkyl halides is 3. The highest BCUT2D eigenvalue weighted by Gasteiger charge is 2.30. The van der Waals surface area contributed by atoms with Gasteiger partial charge in [0.05, 0.1) is 17.0 Å². The number of carboxylic acids is 1. The monoisotopic (exact) mass is 465 g/mol. The third-order valence-corrected chi connectivity index (χ3v) is 6.27. The molecule has 3 aromatic carbocycles. The van der Waals surface area contributed by atoms with E-state index >= 15 is 0 Å². The molecule has 1 unspecified atom stereocenters. The van der Waals surface area contributed by atoms with Crippen LogP contribution < -0.4 is 0 Å². The van der Waals surface area contributed by atoms with Crippen molar-refractivity contribution in [2.75, 3.05) is 0 Å². The minimum atomic E-state index is -4.38. The van der Waals surface area contributed by atoms with E-state index in [0.717, 1.165) is 47.0 Å². The van der Waals surface area contributed by atoms with E-state index in [1.54, 1.807) is 0 Å². The van der Waals surface area contributed by atoms with Crippen molar-refractivity contribution < 1.29 is 23.1 Å². The number of halogens is 3. The average Bonchev–Trinajstić information content (AvgIpc) is 3.19. The highest BCUT2D eigenvalue weighted by molar-refractivity contribution is 5.86. The van der Waals surface area contributed by atoms with Crippen molar-refractivity contribution in [3.8, 4) is 5.69 Å². The molecule has 4 rings (SSSR count). The molecule has 0 radical (unpaired) electrons. The molecule has 1 aromatic heterocycles. The number of benzene rings is 3. The molecule has 0 aliphatic heterocycles. The van der Waals surface area contributed by atoms with Crippen molar-refractivity contribution in [3.05, 3.63) is 101 Å². The number of rotatable bonds is 8. The number of aromatic nitrogens is 1. The minimum Gasteiger partial charge on any atom is -0.481 e. The summed E-state index contributed by atoms with van der Waals surface area (Å²) in [6.07, 6.45) is 0.158. The number of aliphatic carboxylic acids is 1. The molecule has 6 heteroatoms. The molecule has 4 aromatic rings. The fraction of sp³-hybridized carbons (Fsp3) is 0.250. The molecule has 0 spiro atoms. The van der Waals surface area contributed by atoms with Gasteiger partial charge < -0.3 is 9.67 Å². The van der Waals surface area contributed by atoms with E-state index < -0.39 is 23.6 Å². The van der Waals surface area contributed by atoms with Crippen molar-refractivity contribution in [1.82, 2.24) is 4.57 Å². The van der Waals surface area contributed by atoms with Gasteiger partial charge in [0, 0.05) is 17.3 Å². The van der Waals surface area contributed by atoms with Gasteiger partial charge in [0.2, 0.25) is 0 Å². The molecule has 0 aliphatic carbocycles. The summed E-state index contributed by atoms with van der Waals surface area (Å²) in [5.74, 6) is -1.27. The first kappa shape index (κ1) is 23.6. The Hall–Kier alpha value is -3.54. The van der Waals surface area contributed by atoms with Gasteiger partial charge in [-0.05, 0) is 78.8 Å². The SMILES string of the molecule is CCC(Cc1ccc2c(c1)c(CCc1ccccc1)cn2-c1ccc(C(F)(F)F)cc1)C(=O)O. The van der Waals surface area contributed by atoms with E-state index in [1.807, 2.05) is 54.1 Å². The second kappa shape index (κ2) is 9.75. The van der Waals surface area contributed by atoms with Crippen molar-refractivity contribution in [3.63, 3.8) is 0 Å². The second-order valence-electron chi connectivity index (χ2n) is 8.55. The van der Waals surface area contributed by atoms with E-state index in [2.05, 4.69) is 12.1 Å². The van der Waals surface area contributed by atoms with E-state index in [-0.39, 0.29) is 0 Å². The molecule has 0 saturated heterocycles. The second-order valence-corrected chi connectivity index (χ2v) is 8.55. The topological polar surface area (TPSA) is 42.2 Å². The highest BCUT2D eigenvalue weighted by Crippen LogP contribution is 2.32. The standard InChI is InChI=1S/C28H26F3NO2/c1-2-21(27(33)34)16-20-9-15-26-25(17-20)22(10-8-19-6-4-3-5-7-19)18-32(26)24-13-11-23(12-14-24)28(29,30)31/h3-7,9,11-15,17-18,21H,2,8,10,16H2,1H3,(H,33,34). The fourth-order valence-corrected chi connectivity index (χ4v) is 4.31. The molecular weight excluding hydrogens is 439 g/mol. The van der Waals surface area contributed by atoms with Crippen LogP contribution in [0, 0.1) is 5.92 Å². The summed E-state index contributed by atoms with van der Waals surface area (Å²) in [6.45, 7) is 1.86. The van der Waals surface area contributed by atoms with Crippen molar-refractivity contribution in [2.45, 2.75) is 38.8 Å². The first-order valence-electron chi connectivity index (χ1n) is 11.3. The van der Waals surface area contributed by atoms with Crippen LogP contribution >= 0.6 is 0 Å². The molecule has 34 heavy (non-hydrogen) atoms. The Balaban J connectivity index is 1.74. The van der Waals surface area contributed by atoms with Crippen LogP contribution in [0.2, 0.25) is 0 Å². The lowest BCUT2D eigenvalue weighted by Gasteiger charge is -2.11. The lowest BCUT2D eigenvalue weighted by atomic mass is 9.95.